The minimum absolute atomic E-state index is 0. The van der Waals surface area contributed by atoms with Crippen LogP contribution in [-0.4, -0.2) is 38.8 Å². The van der Waals surface area contributed by atoms with Crippen molar-refractivity contribution in [1.29, 1.82) is 0 Å². The van der Waals surface area contributed by atoms with Crippen LogP contribution in [0.15, 0.2) is 29.2 Å². The summed E-state index contributed by atoms with van der Waals surface area (Å²) in [5.74, 6) is -0.489. The standard InChI is InChI=1S/C21H27ClN2O5S.Na/c1-6-14-10-16(30(27,28)24(7-2)8-3)12-18(20(14)29-5)23-21(26)15-9-13(4)19(25)17(22)11-15;/h9-12,25H,6-8H2,1-5H3,(H,23,26);/q;+1/p-1. The van der Waals surface area contributed by atoms with Crippen molar-refractivity contribution < 1.29 is 52.6 Å². The fourth-order valence-electron chi connectivity index (χ4n) is 3.17. The van der Waals surface area contributed by atoms with Crippen LogP contribution in [-0.2, 0) is 16.4 Å². The molecule has 0 radical (unpaired) electrons. The normalized spacial score (nSPS) is 11.2. The van der Waals surface area contributed by atoms with E-state index in [2.05, 4.69) is 5.32 Å². The van der Waals surface area contributed by atoms with Gasteiger partial charge in [-0.3, -0.25) is 4.79 Å². The van der Waals surface area contributed by atoms with Gasteiger partial charge in [0.25, 0.3) is 5.91 Å². The number of sulfonamides is 1. The molecule has 2 aromatic carbocycles. The number of carbonyl (C=O) groups excluding carboxylic acids is 1. The van der Waals surface area contributed by atoms with E-state index in [-0.39, 0.29) is 56.5 Å². The van der Waals surface area contributed by atoms with Gasteiger partial charge in [0.1, 0.15) is 5.75 Å². The van der Waals surface area contributed by atoms with Crippen molar-refractivity contribution in [1.82, 2.24) is 4.31 Å². The number of methoxy groups -OCH3 is 1. The zero-order valence-corrected chi connectivity index (χ0v) is 22.3. The number of halogens is 1. The smallest absolute Gasteiger partial charge is 0.871 e. The van der Waals surface area contributed by atoms with E-state index in [9.17, 15) is 18.3 Å². The Kier molecular flexibility index (Phi) is 10.3. The SMILES string of the molecule is CCc1cc(S(=O)(=O)N(CC)CC)cc(NC(=O)c2cc(C)c([O-])c(Cl)c2)c1OC.[Na+]. The van der Waals surface area contributed by atoms with Crippen LogP contribution in [0.2, 0.25) is 5.02 Å². The molecule has 0 aliphatic rings. The largest absolute Gasteiger partial charge is 1.00 e. The average Bonchev–Trinajstić information content (AvgIpc) is 2.71. The van der Waals surface area contributed by atoms with Crippen molar-refractivity contribution in [3.8, 4) is 11.5 Å². The fourth-order valence-corrected chi connectivity index (χ4v) is 4.98. The summed E-state index contributed by atoms with van der Waals surface area (Å²) in [6.45, 7) is 7.62. The number of nitrogens with zero attached hydrogens (tertiary/aromatic N) is 1. The number of amides is 1. The molecule has 0 atom stereocenters. The van der Waals surface area contributed by atoms with Gasteiger partial charge in [0.15, 0.2) is 0 Å². The first-order chi connectivity index (χ1) is 14.1. The third-order valence-corrected chi connectivity index (χ3v) is 7.12. The van der Waals surface area contributed by atoms with Gasteiger partial charge in [0, 0.05) is 23.7 Å². The van der Waals surface area contributed by atoms with Crippen LogP contribution >= 0.6 is 11.6 Å². The monoisotopic (exact) mass is 476 g/mol. The van der Waals surface area contributed by atoms with Crippen molar-refractivity contribution in [2.24, 2.45) is 0 Å². The maximum Gasteiger partial charge on any atom is 1.00 e. The van der Waals surface area contributed by atoms with Crippen LogP contribution in [0.4, 0.5) is 5.69 Å². The first kappa shape index (κ1) is 27.7. The number of benzene rings is 2. The predicted octanol–water partition coefficient (Wildman–Crippen LogP) is 0.580. The minimum Gasteiger partial charge on any atom is -0.871 e. The summed E-state index contributed by atoms with van der Waals surface area (Å²) in [4.78, 5) is 12.9. The van der Waals surface area contributed by atoms with E-state index in [1.807, 2.05) is 6.92 Å². The second kappa shape index (κ2) is 11.5. The summed E-state index contributed by atoms with van der Waals surface area (Å²) in [5.41, 5.74) is 1.40. The third kappa shape index (κ3) is 5.94. The van der Waals surface area contributed by atoms with Crippen molar-refractivity contribution in [2.75, 3.05) is 25.5 Å². The first-order valence-corrected chi connectivity index (χ1v) is 11.4. The Hall–Kier alpha value is -1.29. The van der Waals surface area contributed by atoms with Crippen molar-refractivity contribution >= 4 is 33.2 Å². The number of hydrogen-bond acceptors (Lipinski definition) is 5. The molecule has 0 spiro atoms. The number of carbonyl (C=O) groups is 1. The van der Waals surface area contributed by atoms with Crippen LogP contribution in [0.5, 0.6) is 11.5 Å². The molecule has 31 heavy (non-hydrogen) atoms. The Labute approximate surface area is 211 Å². The summed E-state index contributed by atoms with van der Waals surface area (Å²) >= 11 is 5.92. The molecule has 2 rings (SSSR count). The maximum atomic E-state index is 13.0. The molecule has 0 bridgehead atoms. The van der Waals surface area contributed by atoms with Gasteiger partial charge in [-0.15, -0.1) is 0 Å². The summed E-state index contributed by atoms with van der Waals surface area (Å²) in [7, 11) is -2.28. The number of anilines is 1. The molecule has 1 amide bonds. The van der Waals surface area contributed by atoms with Gasteiger partial charge in [0.05, 0.1) is 17.7 Å². The summed E-state index contributed by atoms with van der Waals surface area (Å²) < 4.78 is 32.8. The van der Waals surface area contributed by atoms with E-state index < -0.39 is 15.9 Å². The molecule has 0 aromatic heterocycles. The van der Waals surface area contributed by atoms with Crippen LogP contribution < -0.4 is 44.7 Å². The van der Waals surface area contributed by atoms with Gasteiger partial charge in [0.2, 0.25) is 10.0 Å². The van der Waals surface area contributed by atoms with Gasteiger partial charge in [-0.05, 0) is 43.2 Å². The zero-order chi connectivity index (χ0) is 22.6. The second-order valence-corrected chi connectivity index (χ2v) is 9.01. The number of rotatable bonds is 8. The topological polar surface area (TPSA) is 98.8 Å². The van der Waals surface area contributed by atoms with Crippen molar-refractivity contribution in [2.45, 2.75) is 39.0 Å². The first-order valence-electron chi connectivity index (χ1n) is 9.60. The van der Waals surface area contributed by atoms with E-state index in [4.69, 9.17) is 16.3 Å². The Morgan fingerprint density at radius 2 is 1.77 bits per heavy atom. The van der Waals surface area contributed by atoms with Gasteiger partial charge in [-0.2, -0.15) is 4.31 Å². The van der Waals surface area contributed by atoms with E-state index >= 15 is 0 Å². The Bertz CT molecular complexity index is 1030. The summed E-state index contributed by atoms with van der Waals surface area (Å²) in [5, 5.41) is 14.5. The van der Waals surface area contributed by atoms with E-state index in [0.717, 1.165) is 0 Å². The molecule has 0 aliphatic carbocycles. The number of ether oxygens (including phenoxy) is 1. The fraction of sp³-hybridized carbons (Fsp3) is 0.381. The van der Waals surface area contributed by atoms with Crippen LogP contribution in [0.1, 0.15) is 42.3 Å². The quantitative estimate of drug-likeness (QED) is 0.562. The Balaban J connectivity index is 0.00000480. The van der Waals surface area contributed by atoms with E-state index in [1.54, 1.807) is 26.8 Å². The molecule has 1 N–H and O–H groups in total. The second-order valence-electron chi connectivity index (χ2n) is 6.66. The molecule has 2 aromatic rings. The zero-order valence-electron chi connectivity index (χ0n) is 18.7. The van der Waals surface area contributed by atoms with Crippen LogP contribution in [0, 0.1) is 6.92 Å². The maximum absolute atomic E-state index is 13.0. The Morgan fingerprint density at radius 3 is 2.26 bits per heavy atom. The number of hydrogen-bond donors (Lipinski definition) is 1. The number of aryl methyl sites for hydroxylation is 2. The molecule has 164 valence electrons. The molecular formula is C21H26ClN2NaO5S. The average molecular weight is 477 g/mol. The van der Waals surface area contributed by atoms with Gasteiger partial charge in [-0.25, -0.2) is 8.42 Å². The van der Waals surface area contributed by atoms with E-state index in [1.165, 1.54) is 29.6 Å². The molecule has 0 saturated carbocycles. The Morgan fingerprint density at radius 1 is 1.16 bits per heavy atom. The van der Waals surface area contributed by atoms with Gasteiger partial charge < -0.3 is 15.2 Å². The minimum atomic E-state index is -3.74. The molecular weight excluding hydrogens is 451 g/mol. The van der Waals surface area contributed by atoms with E-state index in [0.29, 0.717) is 36.4 Å². The third-order valence-electron chi connectivity index (χ3n) is 4.81. The molecule has 0 unspecified atom stereocenters. The summed E-state index contributed by atoms with van der Waals surface area (Å²) in [6, 6.07) is 5.68. The molecule has 0 aliphatic heterocycles. The number of nitrogens with one attached hydrogen (secondary N) is 1. The predicted molar refractivity (Wildman–Crippen MR) is 116 cm³/mol. The van der Waals surface area contributed by atoms with Gasteiger partial charge in [-0.1, -0.05) is 43.7 Å². The van der Waals surface area contributed by atoms with Crippen molar-refractivity contribution in [3.05, 3.63) is 46.0 Å². The molecule has 0 saturated heterocycles. The summed E-state index contributed by atoms with van der Waals surface area (Å²) in [6.07, 6.45) is 0.503. The van der Waals surface area contributed by atoms with Crippen LogP contribution in [0.25, 0.3) is 0 Å². The molecule has 7 nitrogen and oxygen atoms in total. The van der Waals surface area contributed by atoms with Crippen molar-refractivity contribution in [3.63, 3.8) is 0 Å². The molecule has 0 heterocycles. The molecule has 0 fully saturated rings. The molecule has 10 heteroatoms. The van der Waals surface area contributed by atoms with Gasteiger partial charge >= 0.3 is 29.6 Å². The van der Waals surface area contributed by atoms with Crippen LogP contribution in [0.3, 0.4) is 0 Å².